The van der Waals surface area contributed by atoms with Gasteiger partial charge >= 0.3 is 0 Å². The lowest BCUT2D eigenvalue weighted by Crippen LogP contribution is -2.40. The molecule has 0 aliphatic rings. The Morgan fingerprint density at radius 2 is 1.96 bits per heavy atom. The Bertz CT molecular complexity index is 737. The predicted molar refractivity (Wildman–Crippen MR) is 109 cm³/mol. The van der Waals surface area contributed by atoms with E-state index in [0.29, 0.717) is 23.0 Å². The Kier molecular flexibility index (Phi) is 7.40. The molecule has 2 aromatic carbocycles. The zero-order chi connectivity index (χ0) is 18.2. The Balaban J connectivity index is 2.11. The molecule has 1 amide bonds. The van der Waals surface area contributed by atoms with Crippen LogP contribution in [-0.4, -0.2) is 24.7 Å². The zero-order valence-electron chi connectivity index (χ0n) is 14.3. The number of carbonyl (C=O) groups excluding carboxylic acids is 1. The summed E-state index contributed by atoms with van der Waals surface area (Å²) in [5.74, 6) is 0.264. The smallest absolute Gasteiger partial charge is 0.261 e. The number of rotatable bonds is 6. The first-order valence-corrected chi connectivity index (χ1v) is 9.29. The third-order valence-electron chi connectivity index (χ3n) is 3.61. The highest BCUT2D eigenvalue weighted by Gasteiger charge is 2.17. The molecule has 25 heavy (non-hydrogen) atoms. The quantitative estimate of drug-likeness (QED) is 0.539. The molecule has 132 valence electrons. The number of unbranched alkanes of at least 4 members (excludes halogenated alkanes) is 1. The van der Waals surface area contributed by atoms with E-state index in [4.69, 9.17) is 17.0 Å². The Labute approximate surface area is 162 Å². The maximum absolute atomic E-state index is 12.7. The van der Waals surface area contributed by atoms with Crippen molar-refractivity contribution in [2.24, 2.45) is 0 Å². The van der Waals surface area contributed by atoms with Gasteiger partial charge in [0.1, 0.15) is 5.75 Å². The van der Waals surface area contributed by atoms with E-state index in [9.17, 15) is 4.79 Å². The third kappa shape index (κ3) is 5.54. The SMILES string of the molecule is CCCCOc1ccc(Br)cc1C(=O)NC(=S)N(C)c1ccccc1. The Morgan fingerprint density at radius 3 is 2.64 bits per heavy atom. The average Bonchev–Trinajstić information content (AvgIpc) is 2.63. The standard InChI is InChI=1S/C19H21BrN2O2S/c1-3-4-12-24-17-11-10-14(20)13-16(17)18(23)21-19(25)22(2)15-8-6-5-7-9-15/h5-11,13H,3-4,12H2,1-2H3,(H,21,23,25). The Hall–Kier alpha value is -1.92. The summed E-state index contributed by atoms with van der Waals surface area (Å²) < 4.78 is 6.55. The first-order chi connectivity index (χ1) is 12.0. The molecule has 2 rings (SSSR count). The van der Waals surface area contributed by atoms with Crippen molar-refractivity contribution < 1.29 is 9.53 Å². The normalized spacial score (nSPS) is 10.2. The second-order valence-electron chi connectivity index (χ2n) is 5.50. The molecule has 2 aromatic rings. The number of nitrogens with zero attached hydrogens (tertiary/aromatic N) is 1. The lowest BCUT2D eigenvalue weighted by molar-refractivity contribution is 0.0973. The number of carbonyl (C=O) groups is 1. The van der Waals surface area contributed by atoms with Crippen LogP contribution in [0.3, 0.4) is 0 Å². The molecule has 0 bridgehead atoms. The number of hydrogen-bond acceptors (Lipinski definition) is 3. The summed E-state index contributed by atoms with van der Waals surface area (Å²) in [6, 6.07) is 15.0. The number of nitrogens with one attached hydrogen (secondary N) is 1. The van der Waals surface area contributed by atoms with Crippen LogP contribution in [0.25, 0.3) is 0 Å². The van der Waals surface area contributed by atoms with Gasteiger partial charge in [0.2, 0.25) is 0 Å². The minimum absolute atomic E-state index is 0.291. The van der Waals surface area contributed by atoms with Crippen LogP contribution in [0, 0.1) is 0 Å². The van der Waals surface area contributed by atoms with Crippen molar-refractivity contribution >= 4 is 44.9 Å². The van der Waals surface area contributed by atoms with Crippen molar-refractivity contribution in [2.75, 3.05) is 18.6 Å². The number of ether oxygens (including phenoxy) is 1. The second kappa shape index (κ2) is 9.53. The number of thiocarbonyl (C=S) groups is 1. The molecular formula is C19H21BrN2O2S. The van der Waals surface area contributed by atoms with Gasteiger partial charge in [-0.2, -0.15) is 0 Å². The highest BCUT2D eigenvalue weighted by molar-refractivity contribution is 9.10. The van der Waals surface area contributed by atoms with Crippen molar-refractivity contribution in [1.29, 1.82) is 0 Å². The summed E-state index contributed by atoms with van der Waals surface area (Å²) >= 11 is 8.76. The van der Waals surface area contributed by atoms with Crippen LogP contribution in [0.1, 0.15) is 30.1 Å². The minimum atomic E-state index is -0.291. The number of anilines is 1. The van der Waals surface area contributed by atoms with Crippen LogP contribution >= 0.6 is 28.1 Å². The van der Waals surface area contributed by atoms with Gasteiger partial charge in [-0.25, -0.2) is 0 Å². The first-order valence-electron chi connectivity index (χ1n) is 8.09. The van der Waals surface area contributed by atoms with Gasteiger partial charge in [-0.05, 0) is 49.0 Å². The molecule has 0 saturated heterocycles. The zero-order valence-corrected chi connectivity index (χ0v) is 16.7. The van der Waals surface area contributed by atoms with E-state index in [2.05, 4.69) is 28.2 Å². The summed E-state index contributed by atoms with van der Waals surface area (Å²) in [6.45, 7) is 2.67. The summed E-state index contributed by atoms with van der Waals surface area (Å²) in [5, 5.41) is 3.10. The van der Waals surface area contributed by atoms with Crippen molar-refractivity contribution in [1.82, 2.24) is 5.32 Å². The lowest BCUT2D eigenvalue weighted by atomic mass is 10.2. The van der Waals surface area contributed by atoms with Gasteiger partial charge in [0, 0.05) is 17.2 Å². The summed E-state index contributed by atoms with van der Waals surface area (Å²) in [4.78, 5) is 14.4. The molecule has 0 aliphatic carbocycles. The Morgan fingerprint density at radius 1 is 1.24 bits per heavy atom. The molecular weight excluding hydrogens is 400 g/mol. The van der Waals surface area contributed by atoms with Crippen LogP contribution in [0.5, 0.6) is 5.75 Å². The third-order valence-corrected chi connectivity index (χ3v) is 4.48. The van der Waals surface area contributed by atoms with Crippen LogP contribution in [0.15, 0.2) is 53.0 Å². The molecule has 0 atom stereocenters. The largest absolute Gasteiger partial charge is 0.493 e. The summed E-state index contributed by atoms with van der Waals surface area (Å²) in [5.41, 5.74) is 1.36. The summed E-state index contributed by atoms with van der Waals surface area (Å²) in [6.07, 6.45) is 1.97. The van der Waals surface area contributed by atoms with E-state index in [1.807, 2.05) is 43.4 Å². The molecule has 0 fully saturated rings. The van der Waals surface area contributed by atoms with Crippen molar-refractivity contribution in [3.63, 3.8) is 0 Å². The average molecular weight is 421 g/mol. The van der Waals surface area contributed by atoms with Gasteiger partial charge in [0.15, 0.2) is 5.11 Å². The van der Waals surface area contributed by atoms with Crippen LogP contribution in [0.4, 0.5) is 5.69 Å². The first kappa shape index (κ1) is 19.4. The number of para-hydroxylation sites is 1. The molecule has 0 unspecified atom stereocenters. The number of hydrogen-bond donors (Lipinski definition) is 1. The van der Waals surface area contributed by atoms with Crippen molar-refractivity contribution in [3.05, 3.63) is 58.6 Å². The molecule has 0 spiro atoms. The molecule has 6 heteroatoms. The molecule has 0 saturated carbocycles. The van der Waals surface area contributed by atoms with E-state index in [0.717, 1.165) is 23.0 Å². The van der Waals surface area contributed by atoms with Crippen LogP contribution < -0.4 is 15.0 Å². The summed E-state index contributed by atoms with van der Waals surface area (Å²) in [7, 11) is 1.82. The number of benzene rings is 2. The highest BCUT2D eigenvalue weighted by atomic mass is 79.9. The number of halogens is 1. The minimum Gasteiger partial charge on any atom is -0.493 e. The van der Waals surface area contributed by atoms with Gasteiger partial charge < -0.3 is 9.64 Å². The molecule has 0 aromatic heterocycles. The van der Waals surface area contributed by atoms with E-state index in [1.54, 1.807) is 17.0 Å². The van der Waals surface area contributed by atoms with Gasteiger partial charge in [0.05, 0.1) is 12.2 Å². The van der Waals surface area contributed by atoms with Gasteiger partial charge in [-0.1, -0.05) is 47.5 Å². The molecule has 0 heterocycles. The molecule has 0 radical (unpaired) electrons. The van der Waals surface area contributed by atoms with Crippen molar-refractivity contribution in [2.45, 2.75) is 19.8 Å². The molecule has 4 nitrogen and oxygen atoms in total. The monoisotopic (exact) mass is 420 g/mol. The fourth-order valence-corrected chi connectivity index (χ4v) is 2.71. The highest BCUT2D eigenvalue weighted by Crippen LogP contribution is 2.24. The fraction of sp³-hybridized carbons (Fsp3) is 0.263. The van der Waals surface area contributed by atoms with Gasteiger partial charge in [-0.3, -0.25) is 10.1 Å². The topological polar surface area (TPSA) is 41.6 Å². The predicted octanol–water partition coefficient (Wildman–Crippen LogP) is 4.78. The van der Waals surface area contributed by atoms with E-state index in [-0.39, 0.29) is 5.91 Å². The second-order valence-corrected chi connectivity index (χ2v) is 6.80. The van der Waals surface area contributed by atoms with Crippen LogP contribution in [-0.2, 0) is 0 Å². The molecule has 1 N–H and O–H groups in total. The van der Waals surface area contributed by atoms with Gasteiger partial charge in [0.25, 0.3) is 5.91 Å². The lowest BCUT2D eigenvalue weighted by Gasteiger charge is -2.21. The maximum Gasteiger partial charge on any atom is 0.261 e. The van der Waals surface area contributed by atoms with Crippen molar-refractivity contribution in [3.8, 4) is 5.75 Å². The fourth-order valence-electron chi connectivity index (χ4n) is 2.15. The maximum atomic E-state index is 12.7. The van der Waals surface area contributed by atoms with Gasteiger partial charge in [-0.15, -0.1) is 0 Å². The number of amides is 1. The van der Waals surface area contributed by atoms with E-state index >= 15 is 0 Å². The van der Waals surface area contributed by atoms with Crippen LogP contribution in [0.2, 0.25) is 0 Å². The molecule has 0 aliphatic heterocycles. The van der Waals surface area contributed by atoms with E-state index < -0.39 is 0 Å². The van der Waals surface area contributed by atoms with E-state index in [1.165, 1.54) is 0 Å².